The maximum atomic E-state index is 10.8. The Hall–Kier alpha value is -1.32. The van der Waals surface area contributed by atoms with Gasteiger partial charge in [0, 0.05) is 12.2 Å². The van der Waals surface area contributed by atoms with Crippen LogP contribution in [0.1, 0.15) is 26.7 Å². The second kappa shape index (κ2) is 7.12. The number of ether oxygens (including phenoxy) is 1. The molecule has 0 rings (SSSR count). The van der Waals surface area contributed by atoms with Gasteiger partial charge in [0.25, 0.3) is 0 Å². The molecule has 0 aromatic carbocycles. The molecule has 0 heterocycles. The van der Waals surface area contributed by atoms with Crippen LogP contribution >= 0.6 is 0 Å². The second-order valence-corrected chi connectivity index (χ2v) is 3.14. The molecule has 0 aromatic heterocycles. The molecule has 0 spiro atoms. The van der Waals surface area contributed by atoms with Crippen molar-refractivity contribution >= 4 is 11.9 Å². The largest absolute Gasteiger partial charge is 0.478 e. The van der Waals surface area contributed by atoms with Crippen molar-refractivity contribution in [2.24, 2.45) is 5.92 Å². The van der Waals surface area contributed by atoms with E-state index in [9.17, 15) is 9.59 Å². The van der Waals surface area contributed by atoms with Gasteiger partial charge in [0.05, 0.1) is 6.61 Å². The molecule has 0 saturated carbocycles. The maximum absolute atomic E-state index is 10.8. The van der Waals surface area contributed by atoms with Gasteiger partial charge in [0.1, 0.15) is 0 Å². The average molecular weight is 200 g/mol. The fraction of sp³-hybridized carbons (Fsp3) is 0.600. The zero-order valence-electron chi connectivity index (χ0n) is 8.53. The van der Waals surface area contributed by atoms with Crippen LogP contribution in [0.5, 0.6) is 0 Å². The Morgan fingerprint density at radius 1 is 1.43 bits per heavy atom. The highest BCUT2D eigenvalue weighted by molar-refractivity contribution is 5.90. The number of hydrogen-bond donors (Lipinski definition) is 1. The summed E-state index contributed by atoms with van der Waals surface area (Å²) >= 11 is 0. The fourth-order valence-corrected chi connectivity index (χ4v) is 0.752. The lowest BCUT2D eigenvalue weighted by Crippen LogP contribution is -2.06. The van der Waals surface area contributed by atoms with Crippen LogP contribution < -0.4 is 0 Å². The van der Waals surface area contributed by atoms with Gasteiger partial charge in [-0.1, -0.05) is 20.3 Å². The number of carbonyl (C=O) groups is 2. The molecule has 0 radical (unpaired) electrons. The maximum Gasteiger partial charge on any atom is 0.331 e. The first-order valence-corrected chi connectivity index (χ1v) is 4.64. The molecule has 0 fully saturated rings. The number of rotatable bonds is 6. The smallest absolute Gasteiger partial charge is 0.331 e. The van der Waals surface area contributed by atoms with E-state index >= 15 is 0 Å². The summed E-state index contributed by atoms with van der Waals surface area (Å²) in [5.41, 5.74) is 0. The van der Waals surface area contributed by atoms with E-state index in [0.29, 0.717) is 12.5 Å². The molecule has 0 aliphatic heterocycles. The summed E-state index contributed by atoms with van der Waals surface area (Å²) in [6.45, 7) is 4.48. The van der Waals surface area contributed by atoms with Gasteiger partial charge in [-0.05, 0) is 12.3 Å². The fourth-order valence-electron chi connectivity index (χ4n) is 0.752. The van der Waals surface area contributed by atoms with E-state index in [-0.39, 0.29) is 0 Å². The van der Waals surface area contributed by atoms with Gasteiger partial charge >= 0.3 is 11.9 Å². The molecule has 0 amide bonds. The van der Waals surface area contributed by atoms with Crippen LogP contribution in [0.4, 0.5) is 0 Å². The molecule has 4 nitrogen and oxygen atoms in total. The van der Waals surface area contributed by atoms with E-state index in [1.54, 1.807) is 0 Å². The second-order valence-electron chi connectivity index (χ2n) is 3.14. The zero-order chi connectivity index (χ0) is 11.0. The van der Waals surface area contributed by atoms with Crippen molar-refractivity contribution in [1.29, 1.82) is 0 Å². The van der Waals surface area contributed by atoms with E-state index in [0.717, 1.165) is 25.0 Å². The molecule has 0 aliphatic rings. The van der Waals surface area contributed by atoms with Gasteiger partial charge in [-0.15, -0.1) is 0 Å². The lowest BCUT2D eigenvalue weighted by Gasteiger charge is -2.07. The van der Waals surface area contributed by atoms with Gasteiger partial charge in [-0.2, -0.15) is 0 Å². The topological polar surface area (TPSA) is 63.6 Å². The van der Waals surface area contributed by atoms with Crippen LogP contribution in [0.25, 0.3) is 0 Å². The number of esters is 1. The number of carbonyl (C=O) groups excluding carboxylic acids is 1. The number of hydrogen-bond acceptors (Lipinski definition) is 3. The standard InChI is InChI=1S/C10H16O4/c1-3-8(2)6-7-14-10(13)5-4-9(11)12/h4-5,8H,3,6-7H2,1-2H3,(H,11,12). The van der Waals surface area contributed by atoms with Crippen LogP contribution in [0.3, 0.4) is 0 Å². The molecule has 0 saturated heterocycles. The predicted molar refractivity (Wildman–Crippen MR) is 51.8 cm³/mol. The average Bonchev–Trinajstić information content (AvgIpc) is 2.14. The highest BCUT2D eigenvalue weighted by Gasteiger charge is 2.01. The molecule has 0 bridgehead atoms. The third kappa shape index (κ3) is 7.34. The van der Waals surface area contributed by atoms with E-state index in [2.05, 4.69) is 13.8 Å². The van der Waals surface area contributed by atoms with Crippen LogP contribution in [-0.2, 0) is 14.3 Å². The van der Waals surface area contributed by atoms with E-state index < -0.39 is 11.9 Å². The van der Waals surface area contributed by atoms with E-state index in [1.807, 2.05) is 0 Å². The van der Waals surface area contributed by atoms with Crippen LogP contribution in [0.15, 0.2) is 12.2 Å². The monoisotopic (exact) mass is 200 g/mol. The minimum absolute atomic E-state index is 0.345. The normalized spacial score (nSPS) is 12.7. The summed E-state index contributed by atoms with van der Waals surface area (Å²) in [6.07, 6.45) is 3.54. The summed E-state index contributed by atoms with van der Waals surface area (Å²) < 4.78 is 4.78. The molecular weight excluding hydrogens is 184 g/mol. The lowest BCUT2D eigenvalue weighted by molar-refractivity contribution is -0.139. The molecular formula is C10H16O4. The highest BCUT2D eigenvalue weighted by Crippen LogP contribution is 2.05. The van der Waals surface area contributed by atoms with Crippen molar-refractivity contribution in [2.75, 3.05) is 6.61 Å². The summed E-state index contributed by atoms with van der Waals surface area (Å²) in [6, 6.07) is 0. The van der Waals surface area contributed by atoms with Crippen LogP contribution in [-0.4, -0.2) is 23.7 Å². The lowest BCUT2D eigenvalue weighted by atomic mass is 10.1. The number of carboxylic acids is 1. The summed E-state index contributed by atoms with van der Waals surface area (Å²) in [5.74, 6) is -1.23. The van der Waals surface area contributed by atoms with Gasteiger partial charge in [-0.25, -0.2) is 9.59 Å². The SMILES string of the molecule is CCC(C)CCOC(=O)C=CC(=O)O. The minimum atomic E-state index is -1.15. The molecule has 1 atom stereocenters. The van der Waals surface area contributed by atoms with Crippen molar-refractivity contribution < 1.29 is 19.4 Å². The Bertz CT molecular complexity index is 220. The molecule has 4 heteroatoms. The molecule has 80 valence electrons. The predicted octanol–water partition coefficient (Wildman–Crippen LogP) is 1.61. The Balaban J connectivity index is 3.59. The third-order valence-electron chi connectivity index (χ3n) is 1.91. The molecule has 1 unspecified atom stereocenters. The Kier molecular flexibility index (Phi) is 6.45. The quantitative estimate of drug-likeness (QED) is 0.522. The van der Waals surface area contributed by atoms with Crippen LogP contribution in [0, 0.1) is 5.92 Å². The first-order chi connectivity index (χ1) is 6.56. The van der Waals surface area contributed by atoms with Gasteiger partial charge in [0.2, 0.25) is 0 Å². The van der Waals surface area contributed by atoms with Crippen molar-refractivity contribution in [3.05, 3.63) is 12.2 Å². The van der Waals surface area contributed by atoms with Crippen molar-refractivity contribution in [2.45, 2.75) is 26.7 Å². The molecule has 0 aromatic rings. The first-order valence-electron chi connectivity index (χ1n) is 4.64. The van der Waals surface area contributed by atoms with Crippen molar-refractivity contribution in [3.8, 4) is 0 Å². The first kappa shape index (κ1) is 12.7. The van der Waals surface area contributed by atoms with Crippen molar-refractivity contribution in [1.82, 2.24) is 0 Å². The minimum Gasteiger partial charge on any atom is -0.478 e. The van der Waals surface area contributed by atoms with E-state index in [1.165, 1.54) is 0 Å². The third-order valence-corrected chi connectivity index (χ3v) is 1.91. The molecule has 0 aliphatic carbocycles. The van der Waals surface area contributed by atoms with Gasteiger partial charge in [0.15, 0.2) is 0 Å². The molecule has 1 N–H and O–H groups in total. The zero-order valence-corrected chi connectivity index (χ0v) is 8.53. The van der Waals surface area contributed by atoms with Gasteiger partial charge in [-0.3, -0.25) is 0 Å². The van der Waals surface area contributed by atoms with Gasteiger partial charge < -0.3 is 9.84 Å². The molecule has 14 heavy (non-hydrogen) atoms. The Morgan fingerprint density at radius 2 is 2.07 bits per heavy atom. The summed E-state index contributed by atoms with van der Waals surface area (Å²) in [4.78, 5) is 20.9. The Labute approximate surface area is 83.6 Å². The van der Waals surface area contributed by atoms with E-state index in [4.69, 9.17) is 9.84 Å². The summed E-state index contributed by atoms with van der Waals surface area (Å²) in [7, 11) is 0. The Morgan fingerprint density at radius 3 is 2.57 bits per heavy atom. The van der Waals surface area contributed by atoms with Crippen molar-refractivity contribution in [3.63, 3.8) is 0 Å². The highest BCUT2D eigenvalue weighted by atomic mass is 16.5. The number of carboxylic acid groups (broad SMARTS) is 1. The summed E-state index contributed by atoms with van der Waals surface area (Å²) in [5, 5.41) is 8.22. The number of aliphatic carboxylic acids is 1. The van der Waals surface area contributed by atoms with Crippen LogP contribution in [0.2, 0.25) is 0 Å².